The summed E-state index contributed by atoms with van der Waals surface area (Å²) in [6.45, 7) is 6.14. The number of nitrogens with one attached hydrogen (secondary N) is 1. The number of halogens is 1. The molecule has 0 atom stereocenters. The van der Waals surface area contributed by atoms with E-state index in [4.69, 9.17) is 0 Å². The van der Waals surface area contributed by atoms with Gasteiger partial charge in [-0.3, -0.25) is 4.79 Å². The van der Waals surface area contributed by atoms with Gasteiger partial charge in [-0.15, -0.1) is 0 Å². The van der Waals surface area contributed by atoms with Crippen LogP contribution in [0, 0.1) is 6.92 Å². The molecule has 2 aromatic rings. The topological polar surface area (TPSA) is 42.0 Å². The lowest BCUT2D eigenvalue weighted by molar-refractivity contribution is 0.102. The van der Waals surface area contributed by atoms with Gasteiger partial charge in [-0.25, -0.2) is 4.98 Å². The molecule has 0 saturated heterocycles. The summed E-state index contributed by atoms with van der Waals surface area (Å²) in [5.41, 5.74) is 2.70. The van der Waals surface area contributed by atoms with Crippen LogP contribution in [0.4, 0.5) is 5.82 Å². The third-order valence-electron chi connectivity index (χ3n) is 3.10. The van der Waals surface area contributed by atoms with Crippen LogP contribution in [0.25, 0.3) is 0 Å². The van der Waals surface area contributed by atoms with Crippen molar-refractivity contribution in [2.24, 2.45) is 0 Å². The second-order valence-corrected chi connectivity index (χ2v) is 5.85. The zero-order chi connectivity index (χ0) is 14.7. The number of carbonyl (C=O) groups excluding carboxylic acids is 1. The first kappa shape index (κ1) is 14.7. The van der Waals surface area contributed by atoms with Crippen LogP contribution in [0.5, 0.6) is 0 Å². The van der Waals surface area contributed by atoms with Gasteiger partial charge in [0.25, 0.3) is 5.91 Å². The molecule has 0 aliphatic carbocycles. The number of carbonyl (C=O) groups is 1. The molecule has 1 aromatic carbocycles. The highest BCUT2D eigenvalue weighted by molar-refractivity contribution is 9.10. The normalized spacial score (nSPS) is 10.7. The lowest BCUT2D eigenvalue weighted by Crippen LogP contribution is -2.13. The van der Waals surface area contributed by atoms with E-state index in [0.717, 1.165) is 10.2 Å². The van der Waals surface area contributed by atoms with E-state index in [1.807, 2.05) is 37.3 Å². The maximum Gasteiger partial charge on any atom is 0.256 e. The summed E-state index contributed by atoms with van der Waals surface area (Å²) in [7, 11) is 0. The molecule has 0 unspecified atom stereocenters. The molecular formula is C16H17BrN2O. The summed E-state index contributed by atoms with van der Waals surface area (Å²) in [6.07, 6.45) is 0. The third kappa shape index (κ3) is 3.45. The highest BCUT2D eigenvalue weighted by atomic mass is 79.9. The van der Waals surface area contributed by atoms with Crippen LogP contribution in [-0.2, 0) is 0 Å². The van der Waals surface area contributed by atoms with E-state index in [0.29, 0.717) is 17.3 Å². The molecule has 1 N–H and O–H groups in total. The molecule has 2 rings (SSSR count). The quantitative estimate of drug-likeness (QED) is 0.897. The maximum absolute atomic E-state index is 12.1. The molecule has 20 heavy (non-hydrogen) atoms. The summed E-state index contributed by atoms with van der Waals surface area (Å²) < 4.78 is 0.928. The minimum atomic E-state index is -0.144. The van der Waals surface area contributed by atoms with E-state index in [2.05, 4.69) is 40.1 Å². The number of benzene rings is 1. The molecular weight excluding hydrogens is 316 g/mol. The summed E-state index contributed by atoms with van der Waals surface area (Å²) in [6, 6.07) is 11.3. The van der Waals surface area contributed by atoms with Crippen molar-refractivity contribution in [2.75, 3.05) is 5.32 Å². The number of aromatic nitrogens is 1. The lowest BCUT2D eigenvalue weighted by Gasteiger charge is -2.08. The Morgan fingerprint density at radius 3 is 2.35 bits per heavy atom. The number of amides is 1. The lowest BCUT2D eigenvalue weighted by atomic mass is 10.0. The number of nitrogens with zero attached hydrogens (tertiary/aromatic N) is 1. The number of pyridine rings is 1. The van der Waals surface area contributed by atoms with Gasteiger partial charge in [0.15, 0.2) is 0 Å². The van der Waals surface area contributed by atoms with Gasteiger partial charge in [0.2, 0.25) is 0 Å². The minimum absolute atomic E-state index is 0.144. The first-order chi connectivity index (χ1) is 9.47. The number of anilines is 1. The molecule has 0 aliphatic rings. The van der Waals surface area contributed by atoms with Crippen LogP contribution in [0.1, 0.15) is 41.4 Å². The van der Waals surface area contributed by atoms with Crippen molar-refractivity contribution >= 4 is 27.7 Å². The van der Waals surface area contributed by atoms with Crippen molar-refractivity contribution in [3.63, 3.8) is 0 Å². The van der Waals surface area contributed by atoms with Crippen molar-refractivity contribution in [3.8, 4) is 0 Å². The van der Waals surface area contributed by atoms with Gasteiger partial charge in [0.05, 0.1) is 5.69 Å². The molecule has 0 saturated carbocycles. The predicted molar refractivity (Wildman–Crippen MR) is 85.2 cm³/mol. The van der Waals surface area contributed by atoms with Crippen LogP contribution < -0.4 is 5.32 Å². The average Bonchev–Trinajstić information content (AvgIpc) is 2.43. The van der Waals surface area contributed by atoms with E-state index in [1.54, 1.807) is 6.07 Å². The van der Waals surface area contributed by atoms with Gasteiger partial charge < -0.3 is 5.32 Å². The van der Waals surface area contributed by atoms with Gasteiger partial charge in [-0.2, -0.15) is 0 Å². The molecule has 0 fully saturated rings. The van der Waals surface area contributed by atoms with Crippen molar-refractivity contribution in [1.29, 1.82) is 0 Å². The molecule has 3 nitrogen and oxygen atoms in total. The number of hydrogen-bond donors (Lipinski definition) is 1. The van der Waals surface area contributed by atoms with Crippen molar-refractivity contribution in [2.45, 2.75) is 26.7 Å². The summed E-state index contributed by atoms with van der Waals surface area (Å²) in [5, 5.41) is 2.80. The molecule has 4 heteroatoms. The monoisotopic (exact) mass is 332 g/mol. The largest absolute Gasteiger partial charge is 0.307 e. The van der Waals surface area contributed by atoms with E-state index >= 15 is 0 Å². The fourth-order valence-electron chi connectivity index (χ4n) is 1.82. The highest BCUT2D eigenvalue weighted by Crippen LogP contribution is 2.18. The smallest absolute Gasteiger partial charge is 0.256 e. The molecule has 1 amide bonds. The SMILES string of the molecule is Cc1nc(NC(=O)c2ccc(C(C)C)cc2)ccc1Br. The summed E-state index contributed by atoms with van der Waals surface area (Å²) in [5.74, 6) is 0.876. The maximum atomic E-state index is 12.1. The second-order valence-electron chi connectivity index (χ2n) is 4.99. The summed E-state index contributed by atoms with van der Waals surface area (Å²) >= 11 is 3.39. The molecule has 0 radical (unpaired) electrons. The van der Waals surface area contributed by atoms with Crippen molar-refractivity contribution < 1.29 is 4.79 Å². The Morgan fingerprint density at radius 1 is 1.15 bits per heavy atom. The number of rotatable bonds is 3. The third-order valence-corrected chi connectivity index (χ3v) is 3.94. The fraction of sp³-hybridized carbons (Fsp3) is 0.250. The predicted octanol–water partition coefficient (Wildman–Crippen LogP) is 4.53. The van der Waals surface area contributed by atoms with Crippen LogP contribution in [0.2, 0.25) is 0 Å². The van der Waals surface area contributed by atoms with Crippen LogP contribution >= 0.6 is 15.9 Å². The van der Waals surface area contributed by atoms with Crippen molar-refractivity contribution in [3.05, 3.63) is 57.7 Å². The zero-order valence-corrected chi connectivity index (χ0v) is 13.4. The molecule has 104 valence electrons. The molecule has 0 spiro atoms. The Morgan fingerprint density at radius 2 is 1.80 bits per heavy atom. The van der Waals surface area contributed by atoms with Crippen LogP contribution in [0.3, 0.4) is 0 Å². The second kappa shape index (κ2) is 6.18. The Balaban J connectivity index is 2.13. The molecule has 1 aromatic heterocycles. The minimum Gasteiger partial charge on any atom is -0.307 e. The van der Waals surface area contributed by atoms with E-state index < -0.39 is 0 Å². The summed E-state index contributed by atoms with van der Waals surface area (Å²) in [4.78, 5) is 16.4. The van der Waals surface area contributed by atoms with Crippen LogP contribution in [0.15, 0.2) is 40.9 Å². The first-order valence-electron chi connectivity index (χ1n) is 6.52. The van der Waals surface area contributed by atoms with Crippen LogP contribution in [-0.4, -0.2) is 10.9 Å². The van der Waals surface area contributed by atoms with Gasteiger partial charge in [0, 0.05) is 10.0 Å². The fourth-order valence-corrected chi connectivity index (χ4v) is 2.04. The van der Waals surface area contributed by atoms with E-state index in [9.17, 15) is 4.79 Å². The average molecular weight is 333 g/mol. The molecule has 1 heterocycles. The van der Waals surface area contributed by atoms with Gasteiger partial charge in [-0.1, -0.05) is 26.0 Å². The van der Waals surface area contributed by atoms with E-state index in [1.165, 1.54) is 5.56 Å². The van der Waals surface area contributed by atoms with Gasteiger partial charge in [-0.05, 0) is 58.6 Å². The van der Waals surface area contributed by atoms with E-state index in [-0.39, 0.29) is 5.91 Å². The number of hydrogen-bond acceptors (Lipinski definition) is 2. The Hall–Kier alpha value is -1.68. The Bertz CT molecular complexity index is 621. The van der Waals surface area contributed by atoms with Gasteiger partial charge in [0.1, 0.15) is 5.82 Å². The standard InChI is InChI=1S/C16H17BrN2O/c1-10(2)12-4-6-13(7-5-12)16(20)19-15-9-8-14(17)11(3)18-15/h4-10H,1-3H3,(H,18,19,20). The van der Waals surface area contributed by atoms with Crippen molar-refractivity contribution in [1.82, 2.24) is 4.98 Å². The highest BCUT2D eigenvalue weighted by Gasteiger charge is 2.08. The Labute approximate surface area is 127 Å². The van der Waals surface area contributed by atoms with Gasteiger partial charge >= 0.3 is 0 Å². The Kier molecular flexibility index (Phi) is 4.55. The molecule has 0 bridgehead atoms. The zero-order valence-electron chi connectivity index (χ0n) is 11.8. The number of aryl methyl sites for hydroxylation is 1. The molecule has 0 aliphatic heterocycles. The first-order valence-corrected chi connectivity index (χ1v) is 7.31.